The molecule has 7 heteroatoms. The molecule has 1 saturated heterocycles. The molecule has 3 nitrogen and oxygen atoms in total. The maximum absolute atomic E-state index is 13.0. The van der Waals surface area contributed by atoms with E-state index in [2.05, 4.69) is 0 Å². The van der Waals surface area contributed by atoms with Gasteiger partial charge >= 0.3 is 3.92 Å². The van der Waals surface area contributed by atoms with Crippen molar-refractivity contribution in [2.75, 3.05) is 0 Å². The van der Waals surface area contributed by atoms with Gasteiger partial charge in [-0.2, -0.15) is 4.39 Å². The first-order valence-corrected chi connectivity index (χ1v) is 6.23. The van der Waals surface area contributed by atoms with Gasteiger partial charge in [-0.3, -0.25) is 9.59 Å². The van der Waals surface area contributed by atoms with Crippen molar-refractivity contribution in [2.24, 2.45) is 11.8 Å². The lowest BCUT2D eigenvalue weighted by Gasteiger charge is -2.16. The molecule has 1 aliphatic carbocycles. The van der Waals surface area contributed by atoms with Gasteiger partial charge in [-0.15, -0.1) is 0 Å². The van der Waals surface area contributed by atoms with Crippen LogP contribution in [0.3, 0.4) is 0 Å². The number of alkyl halides is 3. The van der Waals surface area contributed by atoms with Crippen LogP contribution in [0.4, 0.5) is 4.39 Å². The second kappa shape index (κ2) is 4.20. The number of halogens is 3. The Bertz CT molecular complexity index is 369. The fourth-order valence-electron chi connectivity index (χ4n) is 1.95. The zero-order chi connectivity index (χ0) is 11.9. The number of rotatable bonds is 2. The van der Waals surface area contributed by atoms with Gasteiger partial charge in [-0.05, 0) is 12.8 Å². The third-order valence-corrected chi connectivity index (χ3v) is 3.78. The Morgan fingerprint density at radius 3 is 2.69 bits per heavy atom. The minimum absolute atomic E-state index is 0.211. The lowest BCUT2D eigenvalue weighted by atomic mass is 9.86. The summed E-state index contributed by atoms with van der Waals surface area (Å²) in [6.07, 6.45) is 4.90. The molecule has 0 aromatic carbocycles. The third kappa shape index (κ3) is 2.21. The lowest BCUT2D eigenvalue weighted by Crippen LogP contribution is -2.27. The number of imide groups is 1. The molecule has 0 aromatic rings. The summed E-state index contributed by atoms with van der Waals surface area (Å²) in [6, 6.07) is 0. The van der Waals surface area contributed by atoms with E-state index in [1.165, 1.54) is 0 Å². The normalized spacial score (nSPS) is 29.8. The van der Waals surface area contributed by atoms with Gasteiger partial charge < -0.3 is 0 Å². The van der Waals surface area contributed by atoms with E-state index in [0.717, 1.165) is 10.7 Å². The number of amides is 2. The fraction of sp³-hybridized carbons (Fsp3) is 0.556. The van der Waals surface area contributed by atoms with Crippen molar-refractivity contribution in [3.8, 4) is 0 Å². The summed E-state index contributed by atoms with van der Waals surface area (Å²) in [4.78, 5) is 23.6. The Labute approximate surface area is 106 Å². The molecule has 2 atom stereocenters. The maximum atomic E-state index is 13.0. The molecule has 0 aromatic heterocycles. The van der Waals surface area contributed by atoms with Gasteiger partial charge in [0.2, 0.25) is 11.8 Å². The summed E-state index contributed by atoms with van der Waals surface area (Å²) in [5.41, 5.74) is 0. The molecule has 1 aliphatic heterocycles. The third-order valence-electron chi connectivity index (χ3n) is 2.62. The molecule has 0 radical (unpaired) electrons. The summed E-state index contributed by atoms with van der Waals surface area (Å²) in [5.74, 6) is -1.72. The van der Waals surface area contributed by atoms with Crippen molar-refractivity contribution < 1.29 is 14.0 Å². The minimum Gasteiger partial charge on any atom is -0.273 e. The van der Waals surface area contributed by atoms with Crippen LogP contribution in [-0.4, -0.2) is 20.0 Å². The van der Waals surface area contributed by atoms with Crippen molar-refractivity contribution >= 4 is 47.0 Å². The van der Waals surface area contributed by atoms with E-state index >= 15 is 0 Å². The van der Waals surface area contributed by atoms with Gasteiger partial charge in [0.05, 0.1) is 11.8 Å². The van der Waals surface area contributed by atoms with Crippen LogP contribution in [0.15, 0.2) is 12.2 Å². The van der Waals surface area contributed by atoms with Crippen molar-refractivity contribution in [3.05, 3.63) is 12.2 Å². The zero-order valence-corrected chi connectivity index (χ0v) is 10.4. The number of fused-ring (bicyclic) bond motifs is 1. The van der Waals surface area contributed by atoms with Crippen molar-refractivity contribution in [1.82, 2.24) is 4.31 Å². The molecular weight excluding hydrogens is 276 g/mol. The van der Waals surface area contributed by atoms with Crippen LogP contribution in [0, 0.1) is 11.8 Å². The number of carbonyl (C=O) groups excluding carboxylic acids is 2. The van der Waals surface area contributed by atoms with E-state index in [9.17, 15) is 14.0 Å². The summed E-state index contributed by atoms with van der Waals surface area (Å²) in [6.45, 7) is 0. The van der Waals surface area contributed by atoms with Crippen LogP contribution in [0.1, 0.15) is 12.8 Å². The molecule has 1 heterocycles. The smallest absolute Gasteiger partial charge is 0.273 e. The van der Waals surface area contributed by atoms with E-state index in [-0.39, 0.29) is 17.9 Å². The number of carbonyl (C=O) groups is 2. The predicted octanol–water partition coefficient (Wildman–Crippen LogP) is 2.64. The average Bonchev–Trinajstić information content (AvgIpc) is 2.43. The van der Waals surface area contributed by atoms with Crippen LogP contribution in [0.2, 0.25) is 0 Å². The van der Waals surface area contributed by atoms with Gasteiger partial charge in [0.15, 0.2) is 0 Å². The molecule has 16 heavy (non-hydrogen) atoms. The van der Waals surface area contributed by atoms with Crippen LogP contribution in [0.5, 0.6) is 0 Å². The summed E-state index contributed by atoms with van der Waals surface area (Å²) < 4.78 is 11.1. The molecule has 2 aliphatic rings. The molecule has 0 spiro atoms. The lowest BCUT2D eigenvalue weighted by molar-refractivity contribution is -0.133. The standard InChI is InChI=1S/C9H8Cl2FNO2S/c10-9(11,12)16-13-7(14)5-3-1-2-4-6(5)8(13)15/h1,3,5-6H,2,4H2. The Hall–Kier alpha value is -0.260. The Morgan fingerprint density at radius 1 is 1.44 bits per heavy atom. The number of hydrogen-bond donors (Lipinski definition) is 0. The van der Waals surface area contributed by atoms with Crippen molar-refractivity contribution in [3.63, 3.8) is 0 Å². The number of hydrogen-bond acceptors (Lipinski definition) is 3. The van der Waals surface area contributed by atoms with Gasteiger partial charge in [0.1, 0.15) is 0 Å². The number of allylic oxidation sites excluding steroid dienone is 1. The molecule has 1 fully saturated rings. The zero-order valence-electron chi connectivity index (χ0n) is 8.03. The SMILES string of the molecule is O=C1C2C=CCCC2C(=O)N1SC(F)(Cl)Cl. The Morgan fingerprint density at radius 2 is 2.12 bits per heavy atom. The first kappa shape index (κ1) is 12.2. The predicted molar refractivity (Wildman–Crippen MR) is 60.3 cm³/mol. The van der Waals surface area contributed by atoms with Crippen molar-refractivity contribution in [1.29, 1.82) is 0 Å². The highest BCUT2D eigenvalue weighted by Crippen LogP contribution is 2.45. The first-order chi connectivity index (χ1) is 7.40. The Balaban J connectivity index is 2.20. The first-order valence-electron chi connectivity index (χ1n) is 4.70. The van der Waals surface area contributed by atoms with Crippen LogP contribution >= 0.6 is 35.1 Å². The van der Waals surface area contributed by atoms with Crippen LogP contribution < -0.4 is 0 Å². The van der Waals surface area contributed by atoms with Gasteiger partial charge in [0.25, 0.3) is 0 Å². The van der Waals surface area contributed by atoms with Crippen LogP contribution in [-0.2, 0) is 9.59 Å². The van der Waals surface area contributed by atoms with E-state index < -0.39 is 21.7 Å². The highest BCUT2D eigenvalue weighted by molar-refractivity contribution is 8.01. The van der Waals surface area contributed by atoms with E-state index in [1.807, 2.05) is 6.08 Å². The molecule has 88 valence electrons. The second-order valence-corrected chi connectivity index (χ2v) is 6.44. The summed E-state index contributed by atoms with van der Waals surface area (Å²) >= 11 is 10.5. The monoisotopic (exact) mass is 283 g/mol. The summed E-state index contributed by atoms with van der Waals surface area (Å²) in [7, 11) is 0. The van der Waals surface area contributed by atoms with Crippen LogP contribution in [0.25, 0.3) is 0 Å². The topological polar surface area (TPSA) is 37.4 Å². The molecule has 0 saturated carbocycles. The van der Waals surface area contributed by atoms with Gasteiger partial charge in [-0.25, -0.2) is 4.31 Å². The van der Waals surface area contributed by atoms with Crippen molar-refractivity contribution in [2.45, 2.75) is 16.8 Å². The fourth-order valence-corrected chi connectivity index (χ4v) is 3.01. The van der Waals surface area contributed by atoms with Gasteiger partial charge in [-0.1, -0.05) is 35.4 Å². The minimum atomic E-state index is -2.66. The highest BCUT2D eigenvalue weighted by atomic mass is 35.5. The highest BCUT2D eigenvalue weighted by Gasteiger charge is 2.49. The summed E-state index contributed by atoms with van der Waals surface area (Å²) in [5, 5.41) is 0. The number of nitrogens with zero attached hydrogens (tertiary/aromatic N) is 1. The van der Waals surface area contributed by atoms with E-state index in [0.29, 0.717) is 6.42 Å². The molecule has 2 amide bonds. The largest absolute Gasteiger partial charge is 0.324 e. The molecule has 2 unspecified atom stereocenters. The molecule has 0 N–H and O–H groups in total. The van der Waals surface area contributed by atoms with Gasteiger partial charge in [0, 0.05) is 11.9 Å². The van der Waals surface area contributed by atoms with E-state index in [1.54, 1.807) is 6.08 Å². The molecule has 2 rings (SSSR count). The second-order valence-electron chi connectivity index (χ2n) is 3.65. The molecular formula is C9H8Cl2FNO2S. The average molecular weight is 284 g/mol. The van der Waals surface area contributed by atoms with E-state index in [4.69, 9.17) is 23.2 Å². The Kier molecular flexibility index (Phi) is 3.20. The quantitative estimate of drug-likeness (QED) is 0.338. The maximum Gasteiger partial charge on any atom is 0.324 e. The molecule has 0 bridgehead atoms.